The highest BCUT2D eigenvalue weighted by Gasteiger charge is 2.56. The summed E-state index contributed by atoms with van der Waals surface area (Å²) in [7, 11) is 3.89. The normalized spacial score (nSPS) is 27.6. The van der Waals surface area contributed by atoms with Crippen LogP contribution in [0.3, 0.4) is 0 Å². The fourth-order valence-electron chi connectivity index (χ4n) is 8.66. The minimum Gasteiger partial charge on any atom is -0.337 e. The van der Waals surface area contributed by atoms with Crippen molar-refractivity contribution in [2.75, 3.05) is 14.1 Å². The highest BCUT2D eigenvalue weighted by Crippen LogP contribution is 2.48. The molecule has 0 spiro atoms. The first-order valence-corrected chi connectivity index (χ1v) is 15.6. The van der Waals surface area contributed by atoms with Gasteiger partial charge in [0.25, 0.3) is 17.5 Å². The van der Waals surface area contributed by atoms with Crippen molar-refractivity contribution in [3.8, 4) is 0 Å². The molecule has 0 N–H and O–H groups in total. The van der Waals surface area contributed by atoms with Gasteiger partial charge < -0.3 is 9.80 Å². The lowest BCUT2D eigenvalue weighted by atomic mass is 9.68. The summed E-state index contributed by atoms with van der Waals surface area (Å²) in [5.74, 6) is 1.30. The number of imidazole rings is 2. The van der Waals surface area contributed by atoms with Crippen molar-refractivity contribution in [1.82, 2.24) is 18.9 Å². The molecule has 3 aliphatic carbocycles. The molecule has 0 aromatic carbocycles. The third kappa shape index (κ3) is 4.82. The number of fused-ring (bicyclic) bond motifs is 5. The number of rotatable bonds is 2. The van der Waals surface area contributed by atoms with Gasteiger partial charge in [-0.15, -0.1) is 0 Å². The van der Waals surface area contributed by atoms with Gasteiger partial charge in [0.05, 0.1) is 12.1 Å². The molecule has 3 heterocycles. The van der Waals surface area contributed by atoms with Crippen molar-refractivity contribution in [1.29, 1.82) is 0 Å². The number of aromatic nitrogens is 4. The Balaban J connectivity index is 1.48. The van der Waals surface area contributed by atoms with Crippen LogP contribution in [0.4, 0.5) is 0 Å². The summed E-state index contributed by atoms with van der Waals surface area (Å²) >= 11 is 0. The largest absolute Gasteiger partial charge is 0.337 e. The van der Waals surface area contributed by atoms with Gasteiger partial charge in [-0.25, -0.2) is 9.13 Å². The van der Waals surface area contributed by atoms with Crippen LogP contribution in [0.25, 0.3) is 0 Å². The fraction of sp³-hybridized carbons (Fsp3) is 0.742. The molecular weight excluding hydrogens is 488 g/mol. The smallest absolute Gasteiger partial charge is 0.264 e. The summed E-state index contributed by atoms with van der Waals surface area (Å²) in [6, 6.07) is 0.123. The number of hydrogen-bond donors (Lipinski definition) is 0. The zero-order valence-electron chi connectivity index (χ0n) is 24.1. The molecule has 4 bridgehead atoms. The van der Waals surface area contributed by atoms with E-state index in [9.17, 15) is 9.59 Å². The topological polar surface area (TPSA) is 58.2 Å². The van der Waals surface area contributed by atoms with Crippen LogP contribution in [0.2, 0.25) is 0 Å². The Morgan fingerprint density at radius 3 is 1.41 bits per heavy atom. The lowest BCUT2D eigenvalue weighted by Gasteiger charge is -2.43. The first-order chi connectivity index (χ1) is 19.0. The lowest BCUT2D eigenvalue weighted by molar-refractivity contribution is -0.686. The summed E-state index contributed by atoms with van der Waals surface area (Å²) in [5, 5.41) is 0. The number of likely N-dealkylation sites (N-methyl/N-ethyl adjacent to an activating group) is 2. The molecule has 8 heteroatoms. The Hall–Kier alpha value is -2.64. The first-order valence-electron chi connectivity index (χ1n) is 15.6. The van der Waals surface area contributed by atoms with E-state index in [2.05, 4.69) is 55.7 Å². The van der Waals surface area contributed by atoms with Crippen molar-refractivity contribution in [3.63, 3.8) is 0 Å². The molecule has 1 aliphatic heterocycles. The Morgan fingerprint density at radius 2 is 1.00 bits per heavy atom. The quantitative estimate of drug-likeness (QED) is 0.552. The molecule has 2 aromatic heterocycles. The molecule has 4 aliphatic rings. The third-order valence-corrected chi connectivity index (χ3v) is 10.7. The molecule has 3 fully saturated rings. The van der Waals surface area contributed by atoms with Gasteiger partial charge >= 0.3 is 0 Å². The third-order valence-electron chi connectivity index (χ3n) is 10.7. The fourth-order valence-corrected chi connectivity index (χ4v) is 8.66. The molecule has 212 valence electrons. The van der Waals surface area contributed by atoms with Gasteiger partial charge in [0.2, 0.25) is 12.7 Å². The van der Waals surface area contributed by atoms with Crippen molar-refractivity contribution >= 4 is 11.8 Å². The number of amides is 2. The first kappa shape index (κ1) is 26.6. The van der Waals surface area contributed by atoms with E-state index in [1.165, 1.54) is 64.2 Å². The zero-order chi connectivity index (χ0) is 27.0. The molecular formula is C31H48N6O2+2. The van der Waals surface area contributed by atoms with Crippen LogP contribution in [0.15, 0.2) is 37.4 Å². The second kappa shape index (κ2) is 11.1. The Bertz CT molecular complexity index is 1070. The summed E-state index contributed by atoms with van der Waals surface area (Å²) < 4.78 is 9.13. The van der Waals surface area contributed by atoms with E-state index in [1.807, 2.05) is 23.9 Å². The van der Waals surface area contributed by atoms with Crippen molar-refractivity contribution in [2.45, 2.75) is 121 Å². The minimum atomic E-state index is -0.227. The molecule has 2 amide bonds. The highest BCUT2D eigenvalue weighted by molar-refractivity contribution is 5.76. The Labute approximate surface area is 233 Å². The molecule has 0 radical (unpaired) electrons. The van der Waals surface area contributed by atoms with Crippen molar-refractivity contribution < 1.29 is 18.7 Å². The molecule has 39 heavy (non-hydrogen) atoms. The monoisotopic (exact) mass is 536 g/mol. The van der Waals surface area contributed by atoms with Gasteiger partial charge in [0, 0.05) is 25.9 Å². The van der Waals surface area contributed by atoms with Crippen LogP contribution in [-0.4, -0.2) is 56.9 Å². The summed E-state index contributed by atoms with van der Waals surface area (Å²) in [4.78, 5) is 31.2. The van der Waals surface area contributed by atoms with E-state index in [0.29, 0.717) is 24.9 Å². The van der Waals surface area contributed by atoms with Gasteiger partial charge in [0.1, 0.15) is 24.8 Å². The van der Waals surface area contributed by atoms with Gasteiger partial charge in [-0.05, 0) is 38.5 Å². The number of carbonyl (C=O) groups excluding carboxylic acids is 2. The van der Waals surface area contributed by atoms with Crippen molar-refractivity contribution in [3.05, 3.63) is 37.4 Å². The Morgan fingerprint density at radius 1 is 0.615 bits per heavy atom. The van der Waals surface area contributed by atoms with E-state index in [4.69, 9.17) is 0 Å². The lowest BCUT2D eigenvalue weighted by Crippen LogP contribution is -2.57. The number of nitrogens with zero attached hydrogens (tertiary/aromatic N) is 6. The summed E-state index contributed by atoms with van der Waals surface area (Å²) in [5.41, 5.74) is -0.227. The van der Waals surface area contributed by atoms with Crippen LogP contribution < -0.4 is 9.13 Å². The number of hydrogen-bond acceptors (Lipinski definition) is 2. The van der Waals surface area contributed by atoms with E-state index >= 15 is 0 Å². The summed E-state index contributed by atoms with van der Waals surface area (Å²) in [6.45, 7) is 0.670. The van der Waals surface area contributed by atoms with Crippen LogP contribution in [0, 0.1) is 11.8 Å². The zero-order valence-corrected chi connectivity index (χ0v) is 24.1. The standard InChI is InChI=1S/C31H48N6O2/c1-32-27-15-9-10-16-28(27)33(2)30(39)22-35-18-20-37(24-35)31(25-11-5-3-6-12-25,26-13-7-4-8-14-26)36-19-17-34(23-36)21-29(32)38/h17-20,23-28H,3-16,21-22H2,1-2H3/q+2/t27-,28-/m1/s1. The maximum absolute atomic E-state index is 13.6. The minimum absolute atomic E-state index is 0.0613. The second-order valence-electron chi connectivity index (χ2n) is 12.9. The van der Waals surface area contributed by atoms with E-state index < -0.39 is 0 Å². The summed E-state index contributed by atoms with van der Waals surface area (Å²) in [6.07, 6.45) is 29.9. The molecule has 6 rings (SSSR count). The molecule has 3 saturated carbocycles. The van der Waals surface area contributed by atoms with Gasteiger partial charge in [-0.1, -0.05) is 51.4 Å². The average Bonchev–Trinajstić information content (AvgIpc) is 3.64. The molecule has 2 aromatic rings. The predicted molar refractivity (Wildman–Crippen MR) is 147 cm³/mol. The highest BCUT2D eigenvalue weighted by atomic mass is 16.2. The molecule has 0 unspecified atom stereocenters. The van der Waals surface area contributed by atoms with Gasteiger partial charge in [-0.2, -0.15) is 9.13 Å². The predicted octanol–water partition coefficient (Wildman–Crippen LogP) is 3.47. The van der Waals surface area contributed by atoms with Gasteiger partial charge in [-0.3, -0.25) is 9.59 Å². The van der Waals surface area contributed by atoms with Gasteiger partial charge in [0.15, 0.2) is 13.1 Å². The Kier molecular flexibility index (Phi) is 7.56. The molecule has 2 atom stereocenters. The van der Waals surface area contributed by atoms with Crippen molar-refractivity contribution in [2.24, 2.45) is 11.8 Å². The van der Waals surface area contributed by atoms with E-state index in [0.717, 1.165) is 25.7 Å². The maximum atomic E-state index is 13.6. The SMILES string of the molecule is CN1C(=O)C[n+]2ccn(c2)C(C2CCCCC2)(C2CCCCC2)n2cc[n+](c2)CC(=O)N(C)[C@@H]2CCCC[C@H]21. The number of carbonyl (C=O) groups is 2. The molecule has 8 nitrogen and oxygen atoms in total. The average molecular weight is 537 g/mol. The second-order valence-corrected chi connectivity index (χ2v) is 12.9. The van der Waals surface area contributed by atoms with Crippen LogP contribution in [-0.2, 0) is 28.3 Å². The van der Waals surface area contributed by atoms with Crippen LogP contribution in [0.5, 0.6) is 0 Å². The van der Waals surface area contributed by atoms with E-state index in [1.54, 1.807) is 0 Å². The van der Waals surface area contributed by atoms with Crippen LogP contribution >= 0.6 is 0 Å². The van der Waals surface area contributed by atoms with E-state index in [-0.39, 0.29) is 29.6 Å². The molecule has 0 saturated heterocycles. The maximum Gasteiger partial charge on any atom is 0.264 e. The van der Waals surface area contributed by atoms with Crippen LogP contribution in [0.1, 0.15) is 89.9 Å².